The Morgan fingerprint density at radius 1 is 1.11 bits per heavy atom. The summed E-state index contributed by atoms with van der Waals surface area (Å²) in [5.41, 5.74) is 1.31. The lowest BCUT2D eigenvalue weighted by atomic mass is 9.72. The van der Waals surface area contributed by atoms with Gasteiger partial charge in [-0.3, -0.25) is 9.59 Å². The standard InChI is InChI=1S/C22H31N3O2/c1-23-12-8-19(16-23)25-17-22(9-7-20(25)26)10-13-24(14-11-22)21(27)15-18-5-3-2-4-6-18/h2-6,19H,7-17H2,1H3/t19-/m0/s1. The van der Waals surface area contributed by atoms with E-state index in [2.05, 4.69) is 16.8 Å². The van der Waals surface area contributed by atoms with Crippen LogP contribution in [-0.2, 0) is 16.0 Å². The number of likely N-dealkylation sites (tertiary alicyclic amines) is 3. The normalized spacial score (nSPS) is 26.0. The van der Waals surface area contributed by atoms with Crippen molar-refractivity contribution in [2.45, 2.75) is 44.6 Å². The van der Waals surface area contributed by atoms with Gasteiger partial charge >= 0.3 is 0 Å². The first-order valence-corrected chi connectivity index (χ1v) is 10.3. The van der Waals surface area contributed by atoms with Crippen molar-refractivity contribution in [1.82, 2.24) is 14.7 Å². The van der Waals surface area contributed by atoms with E-state index in [1.807, 2.05) is 35.2 Å². The Morgan fingerprint density at radius 2 is 1.85 bits per heavy atom. The second-order valence-corrected chi connectivity index (χ2v) is 8.77. The maximum absolute atomic E-state index is 12.7. The molecule has 3 heterocycles. The molecule has 0 aromatic heterocycles. The van der Waals surface area contributed by atoms with Crippen molar-refractivity contribution in [3.63, 3.8) is 0 Å². The number of likely N-dealkylation sites (N-methyl/N-ethyl adjacent to an activating group) is 1. The van der Waals surface area contributed by atoms with Crippen LogP contribution in [0.25, 0.3) is 0 Å². The summed E-state index contributed by atoms with van der Waals surface area (Å²) in [5.74, 6) is 0.570. The lowest BCUT2D eigenvalue weighted by Crippen LogP contribution is -2.55. The predicted octanol–water partition coefficient (Wildman–Crippen LogP) is 2.16. The van der Waals surface area contributed by atoms with Crippen molar-refractivity contribution in [3.05, 3.63) is 35.9 Å². The third kappa shape index (κ3) is 4.03. The van der Waals surface area contributed by atoms with Crippen molar-refractivity contribution in [3.8, 4) is 0 Å². The van der Waals surface area contributed by atoms with Gasteiger partial charge < -0.3 is 14.7 Å². The first kappa shape index (κ1) is 18.5. The predicted molar refractivity (Wildman–Crippen MR) is 105 cm³/mol. The average Bonchev–Trinajstić information content (AvgIpc) is 3.11. The summed E-state index contributed by atoms with van der Waals surface area (Å²) in [6.45, 7) is 4.65. The summed E-state index contributed by atoms with van der Waals surface area (Å²) in [6, 6.07) is 10.4. The van der Waals surface area contributed by atoms with Gasteiger partial charge in [-0.1, -0.05) is 30.3 Å². The number of benzene rings is 1. The molecular weight excluding hydrogens is 338 g/mol. The molecule has 4 rings (SSSR count). The van der Waals surface area contributed by atoms with Crippen LogP contribution >= 0.6 is 0 Å². The maximum atomic E-state index is 12.7. The number of carbonyl (C=O) groups excluding carboxylic acids is 2. The quantitative estimate of drug-likeness (QED) is 0.820. The van der Waals surface area contributed by atoms with Crippen LogP contribution in [0.15, 0.2) is 30.3 Å². The molecule has 5 nitrogen and oxygen atoms in total. The van der Waals surface area contributed by atoms with E-state index in [4.69, 9.17) is 0 Å². The molecule has 1 aromatic carbocycles. The minimum atomic E-state index is 0.221. The van der Waals surface area contributed by atoms with Gasteiger partial charge in [0.25, 0.3) is 0 Å². The van der Waals surface area contributed by atoms with Gasteiger partial charge in [-0.05, 0) is 50.3 Å². The van der Waals surface area contributed by atoms with Crippen molar-refractivity contribution in [2.75, 3.05) is 39.8 Å². The second kappa shape index (κ2) is 7.63. The topological polar surface area (TPSA) is 43.9 Å². The highest BCUT2D eigenvalue weighted by atomic mass is 16.2. The molecule has 0 saturated carbocycles. The molecule has 0 aliphatic carbocycles. The van der Waals surface area contributed by atoms with Gasteiger partial charge in [0.05, 0.1) is 6.42 Å². The van der Waals surface area contributed by atoms with E-state index in [0.29, 0.717) is 24.8 Å². The Hall–Kier alpha value is -1.88. The smallest absolute Gasteiger partial charge is 0.226 e. The van der Waals surface area contributed by atoms with Crippen LogP contribution in [0.4, 0.5) is 0 Å². The average molecular weight is 370 g/mol. The lowest BCUT2D eigenvalue weighted by molar-refractivity contribution is -0.144. The molecular formula is C22H31N3O2. The van der Waals surface area contributed by atoms with Gasteiger partial charge in [-0.25, -0.2) is 0 Å². The van der Waals surface area contributed by atoms with Crippen molar-refractivity contribution >= 4 is 11.8 Å². The zero-order valence-corrected chi connectivity index (χ0v) is 16.4. The van der Waals surface area contributed by atoms with E-state index in [-0.39, 0.29) is 11.3 Å². The third-order valence-electron chi connectivity index (χ3n) is 6.88. The molecule has 3 saturated heterocycles. The molecule has 2 amide bonds. The molecule has 0 N–H and O–H groups in total. The largest absolute Gasteiger partial charge is 0.342 e. The molecule has 1 aromatic rings. The number of rotatable bonds is 3. The van der Waals surface area contributed by atoms with E-state index >= 15 is 0 Å². The maximum Gasteiger partial charge on any atom is 0.226 e. The monoisotopic (exact) mass is 369 g/mol. The number of hydrogen-bond acceptors (Lipinski definition) is 3. The molecule has 1 atom stereocenters. The van der Waals surface area contributed by atoms with Crippen LogP contribution < -0.4 is 0 Å². The number of carbonyl (C=O) groups is 2. The van der Waals surface area contributed by atoms with Crippen LogP contribution in [0.1, 0.15) is 37.7 Å². The summed E-state index contributed by atoms with van der Waals surface area (Å²) in [7, 11) is 2.14. The zero-order valence-electron chi connectivity index (χ0n) is 16.4. The number of nitrogens with zero attached hydrogens (tertiary/aromatic N) is 3. The van der Waals surface area contributed by atoms with Crippen LogP contribution in [0, 0.1) is 5.41 Å². The zero-order chi connectivity index (χ0) is 18.9. The molecule has 5 heteroatoms. The molecule has 0 bridgehead atoms. The molecule has 0 unspecified atom stereocenters. The lowest BCUT2D eigenvalue weighted by Gasteiger charge is -2.49. The molecule has 27 heavy (non-hydrogen) atoms. The molecule has 1 spiro atoms. The SMILES string of the molecule is CN1CC[C@H](N2CC3(CCC2=O)CCN(C(=O)Cc2ccccc2)CC3)C1. The first-order valence-electron chi connectivity index (χ1n) is 10.3. The van der Waals surface area contributed by atoms with Crippen LogP contribution in [-0.4, -0.2) is 72.3 Å². The molecule has 146 valence electrons. The summed E-state index contributed by atoms with van der Waals surface area (Å²) < 4.78 is 0. The van der Waals surface area contributed by atoms with Gasteiger partial charge in [-0.2, -0.15) is 0 Å². The summed E-state index contributed by atoms with van der Waals surface area (Å²) in [5, 5.41) is 0. The number of piperidine rings is 2. The molecule has 3 fully saturated rings. The van der Waals surface area contributed by atoms with Crippen LogP contribution in [0.5, 0.6) is 0 Å². The van der Waals surface area contributed by atoms with Crippen LogP contribution in [0.2, 0.25) is 0 Å². The van der Waals surface area contributed by atoms with Gasteiger partial charge in [0.15, 0.2) is 0 Å². The van der Waals surface area contributed by atoms with Gasteiger partial charge in [-0.15, -0.1) is 0 Å². The summed E-state index contributed by atoms with van der Waals surface area (Å²) >= 11 is 0. The minimum absolute atomic E-state index is 0.221. The Morgan fingerprint density at radius 3 is 2.52 bits per heavy atom. The fourth-order valence-corrected chi connectivity index (χ4v) is 5.06. The molecule has 3 aliphatic rings. The van der Waals surface area contributed by atoms with E-state index in [0.717, 1.165) is 64.0 Å². The number of amides is 2. The van der Waals surface area contributed by atoms with Crippen molar-refractivity contribution in [2.24, 2.45) is 5.41 Å². The Kier molecular flexibility index (Phi) is 5.22. The second-order valence-electron chi connectivity index (χ2n) is 8.77. The minimum Gasteiger partial charge on any atom is -0.342 e. The highest BCUT2D eigenvalue weighted by molar-refractivity contribution is 5.79. The Labute approximate surface area is 162 Å². The first-order chi connectivity index (χ1) is 13.0. The van der Waals surface area contributed by atoms with Crippen molar-refractivity contribution in [1.29, 1.82) is 0 Å². The van der Waals surface area contributed by atoms with E-state index in [1.165, 1.54) is 0 Å². The summed E-state index contributed by atoms with van der Waals surface area (Å²) in [4.78, 5) is 31.7. The van der Waals surface area contributed by atoms with E-state index < -0.39 is 0 Å². The van der Waals surface area contributed by atoms with E-state index in [1.54, 1.807) is 0 Å². The fraction of sp³-hybridized carbons (Fsp3) is 0.636. The number of hydrogen-bond donors (Lipinski definition) is 0. The van der Waals surface area contributed by atoms with Gasteiger partial charge in [0.1, 0.15) is 0 Å². The Balaban J connectivity index is 1.35. The van der Waals surface area contributed by atoms with Gasteiger partial charge in [0, 0.05) is 38.6 Å². The molecule has 0 radical (unpaired) electrons. The summed E-state index contributed by atoms with van der Waals surface area (Å²) in [6.07, 6.45) is 5.32. The highest BCUT2D eigenvalue weighted by Gasteiger charge is 2.44. The highest BCUT2D eigenvalue weighted by Crippen LogP contribution is 2.41. The van der Waals surface area contributed by atoms with Gasteiger partial charge in [0.2, 0.25) is 11.8 Å². The third-order valence-corrected chi connectivity index (χ3v) is 6.88. The molecule has 3 aliphatic heterocycles. The van der Waals surface area contributed by atoms with Crippen molar-refractivity contribution < 1.29 is 9.59 Å². The fourth-order valence-electron chi connectivity index (χ4n) is 5.06. The van der Waals surface area contributed by atoms with E-state index in [9.17, 15) is 9.59 Å². The van der Waals surface area contributed by atoms with Crippen LogP contribution in [0.3, 0.4) is 0 Å². The Bertz CT molecular complexity index is 682.